The zero-order valence-electron chi connectivity index (χ0n) is 20.3. The van der Waals surface area contributed by atoms with Crippen molar-refractivity contribution in [3.63, 3.8) is 0 Å². The number of hydrogen-bond donors (Lipinski definition) is 0. The van der Waals surface area contributed by atoms with Gasteiger partial charge in [-0.05, 0) is 42.3 Å². The highest BCUT2D eigenvalue weighted by Gasteiger charge is 2.64. The Morgan fingerprint density at radius 3 is 2.54 bits per heavy atom. The van der Waals surface area contributed by atoms with Crippen LogP contribution in [-0.4, -0.2) is 37.0 Å². The monoisotopic (exact) mass is 514 g/mol. The lowest BCUT2D eigenvalue weighted by molar-refractivity contribution is -0.126. The van der Waals surface area contributed by atoms with Gasteiger partial charge < -0.3 is 19.0 Å². The Kier molecular flexibility index (Phi) is 5.44. The molecule has 3 aromatic carbocycles. The fourth-order valence-electron chi connectivity index (χ4n) is 5.56. The third kappa shape index (κ3) is 3.21. The molecule has 1 spiro atoms. The number of carbonyl (C=O) groups is 2. The van der Waals surface area contributed by atoms with Gasteiger partial charge in [-0.15, -0.1) is 0 Å². The molecule has 0 fully saturated rings. The second-order valence-electron chi connectivity index (χ2n) is 9.27. The molecule has 0 radical (unpaired) electrons. The first-order valence-electron chi connectivity index (χ1n) is 11.9. The van der Waals surface area contributed by atoms with Crippen LogP contribution < -0.4 is 10.3 Å². The number of amides is 2. The number of rotatable bonds is 5. The van der Waals surface area contributed by atoms with E-state index in [1.807, 2.05) is 49.4 Å². The van der Waals surface area contributed by atoms with Gasteiger partial charge in [0, 0.05) is 24.2 Å². The van der Waals surface area contributed by atoms with Gasteiger partial charge in [0.25, 0.3) is 11.8 Å². The first-order chi connectivity index (χ1) is 17.9. The third-order valence-electron chi connectivity index (χ3n) is 7.31. The molecule has 37 heavy (non-hydrogen) atoms. The summed E-state index contributed by atoms with van der Waals surface area (Å²) in [5.41, 5.74) is 1.33. The molecule has 0 aliphatic carbocycles. The zero-order valence-corrected chi connectivity index (χ0v) is 21.0. The van der Waals surface area contributed by atoms with Crippen molar-refractivity contribution in [2.45, 2.75) is 19.0 Å². The highest BCUT2D eigenvalue weighted by atomic mass is 35.5. The van der Waals surface area contributed by atoms with Gasteiger partial charge in [0.05, 0.1) is 29.8 Å². The lowest BCUT2D eigenvalue weighted by atomic mass is 9.84. The number of aryl methyl sites for hydroxylation is 1. The third-order valence-corrected chi connectivity index (χ3v) is 7.54. The van der Waals surface area contributed by atoms with E-state index < -0.39 is 16.9 Å². The molecule has 8 heteroatoms. The van der Waals surface area contributed by atoms with Crippen LogP contribution in [0.15, 0.2) is 75.9 Å². The molecule has 6 rings (SSSR count). The standard InChI is InChI=1S/C29H23ClN2O5/c1-17-7-3-4-8-18(17)16-31-22-10-6-5-9-21(22)29(28(31)35)24-25(33)20-15-19(30)11-12-23(20)37-26(24)27(34)32(29)13-14-36-2/h3-12,15H,13-14,16H2,1-2H3. The van der Waals surface area contributed by atoms with Gasteiger partial charge in [-0.3, -0.25) is 14.4 Å². The average molecular weight is 515 g/mol. The van der Waals surface area contributed by atoms with Crippen LogP contribution in [0.2, 0.25) is 5.02 Å². The van der Waals surface area contributed by atoms with Gasteiger partial charge in [-0.25, -0.2) is 0 Å². The number of hydrogen-bond acceptors (Lipinski definition) is 5. The van der Waals surface area contributed by atoms with Crippen LogP contribution in [0.25, 0.3) is 11.0 Å². The molecule has 0 saturated heterocycles. The van der Waals surface area contributed by atoms with Crippen LogP contribution in [0.3, 0.4) is 0 Å². The first kappa shape index (κ1) is 23.5. The van der Waals surface area contributed by atoms with Crippen molar-refractivity contribution in [2.75, 3.05) is 25.2 Å². The number of para-hydroxylation sites is 1. The number of halogens is 1. The number of methoxy groups -OCH3 is 1. The maximum atomic E-state index is 14.6. The molecule has 0 bridgehead atoms. The average Bonchev–Trinajstić information content (AvgIpc) is 3.29. The molecular weight excluding hydrogens is 492 g/mol. The van der Waals surface area contributed by atoms with Crippen molar-refractivity contribution in [3.05, 3.63) is 110 Å². The molecule has 0 saturated carbocycles. The van der Waals surface area contributed by atoms with Crippen molar-refractivity contribution in [3.8, 4) is 0 Å². The normalized spacial score (nSPS) is 18.2. The highest BCUT2D eigenvalue weighted by molar-refractivity contribution is 6.31. The van der Waals surface area contributed by atoms with Gasteiger partial charge in [0.15, 0.2) is 11.0 Å². The quantitative estimate of drug-likeness (QED) is 0.387. The van der Waals surface area contributed by atoms with Crippen molar-refractivity contribution in [1.82, 2.24) is 4.90 Å². The summed E-state index contributed by atoms with van der Waals surface area (Å²) in [6.45, 7) is 2.54. The number of benzene rings is 3. The lowest BCUT2D eigenvalue weighted by Crippen LogP contribution is -2.54. The van der Waals surface area contributed by atoms with Crippen molar-refractivity contribution < 1.29 is 18.7 Å². The summed E-state index contributed by atoms with van der Waals surface area (Å²) in [5.74, 6) is -1.03. The Bertz CT molecular complexity index is 1660. The summed E-state index contributed by atoms with van der Waals surface area (Å²) in [7, 11) is 1.52. The van der Waals surface area contributed by atoms with E-state index in [9.17, 15) is 14.4 Å². The van der Waals surface area contributed by atoms with Crippen molar-refractivity contribution >= 4 is 40.1 Å². The van der Waals surface area contributed by atoms with Crippen molar-refractivity contribution in [1.29, 1.82) is 0 Å². The summed E-state index contributed by atoms with van der Waals surface area (Å²) < 4.78 is 11.3. The van der Waals surface area contributed by atoms with E-state index in [-0.39, 0.29) is 47.9 Å². The molecule has 4 aromatic rings. The fourth-order valence-corrected chi connectivity index (χ4v) is 5.73. The number of ether oxygens (including phenoxy) is 1. The Hall–Kier alpha value is -3.94. The van der Waals surface area contributed by atoms with E-state index in [2.05, 4.69) is 0 Å². The van der Waals surface area contributed by atoms with Gasteiger partial charge in [0.1, 0.15) is 5.58 Å². The van der Waals surface area contributed by atoms with Gasteiger partial charge in [-0.2, -0.15) is 0 Å². The minimum absolute atomic E-state index is 0.0214. The Balaban J connectivity index is 1.66. The molecule has 2 aliphatic heterocycles. The minimum atomic E-state index is -1.68. The number of nitrogens with zero attached hydrogens (tertiary/aromatic N) is 2. The fraction of sp³-hybridized carbons (Fsp3) is 0.207. The molecule has 1 unspecified atom stereocenters. The van der Waals surface area contributed by atoms with Crippen LogP contribution in [0, 0.1) is 6.92 Å². The molecule has 0 N–H and O–H groups in total. The minimum Gasteiger partial charge on any atom is -0.450 e. The number of anilines is 1. The SMILES string of the molecule is COCCN1C(=O)c2oc3ccc(Cl)cc3c(=O)c2C12C(=O)N(Cc1ccccc1C)c1ccccc12. The summed E-state index contributed by atoms with van der Waals surface area (Å²) >= 11 is 6.21. The molecule has 1 atom stereocenters. The van der Waals surface area contributed by atoms with Crippen LogP contribution in [0.1, 0.15) is 32.8 Å². The van der Waals surface area contributed by atoms with E-state index in [1.54, 1.807) is 23.1 Å². The molecule has 2 amide bonds. The predicted molar refractivity (Wildman–Crippen MR) is 140 cm³/mol. The molecule has 2 aliphatic rings. The molecular formula is C29H23ClN2O5. The summed E-state index contributed by atoms with van der Waals surface area (Å²) in [6, 6.07) is 19.8. The Morgan fingerprint density at radius 1 is 1.00 bits per heavy atom. The predicted octanol–water partition coefficient (Wildman–Crippen LogP) is 4.65. The maximum Gasteiger partial charge on any atom is 0.291 e. The van der Waals surface area contributed by atoms with Crippen LogP contribution in [0.5, 0.6) is 0 Å². The van der Waals surface area contributed by atoms with E-state index in [0.717, 1.165) is 11.1 Å². The second kappa shape index (κ2) is 8.57. The van der Waals surface area contributed by atoms with Gasteiger partial charge in [0.2, 0.25) is 5.76 Å². The summed E-state index contributed by atoms with van der Waals surface area (Å²) in [4.78, 5) is 45.6. The van der Waals surface area contributed by atoms with E-state index in [1.165, 1.54) is 18.1 Å². The van der Waals surface area contributed by atoms with Crippen LogP contribution >= 0.6 is 11.6 Å². The zero-order chi connectivity index (χ0) is 25.9. The van der Waals surface area contributed by atoms with E-state index in [4.69, 9.17) is 20.8 Å². The topological polar surface area (TPSA) is 80.1 Å². The van der Waals surface area contributed by atoms with Crippen LogP contribution in [0.4, 0.5) is 5.69 Å². The van der Waals surface area contributed by atoms with E-state index in [0.29, 0.717) is 16.3 Å². The van der Waals surface area contributed by atoms with Crippen LogP contribution in [-0.2, 0) is 21.6 Å². The second-order valence-corrected chi connectivity index (χ2v) is 9.71. The smallest absolute Gasteiger partial charge is 0.291 e. The largest absolute Gasteiger partial charge is 0.450 e. The molecule has 1 aromatic heterocycles. The summed E-state index contributed by atoms with van der Waals surface area (Å²) in [6.07, 6.45) is 0. The van der Waals surface area contributed by atoms with E-state index >= 15 is 0 Å². The van der Waals surface area contributed by atoms with Crippen molar-refractivity contribution in [2.24, 2.45) is 0 Å². The Morgan fingerprint density at radius 2 is 1.76 bits per heavy atom. The van der Waals surface area contributed by atoms with Gasteiger partial charge in [-0.1, -0.05) is 54.1 Å². The maximum absolute atomic E-state index is 14.6. The summed E-state index contributed by atoms with van der Waals surface area (Å²) in [5, 5.41) is 0.573. The highest BCUT2D eigenvalue weighted by Crippen LogP contribution is 2.52. The molecule has 3 heterocycles. The Labute approximate surface area is 217 Å². The molecule has 7 nitrogen and oxygen atoms in total. The van der Waals surface area contributed by atoms with Gasteiger partial charge >= 0.3 is 0 Å². The lowest BCUT2D eigenvalue weighted by Gasteiger charge is -2.34. The first-order valence-corrected chi connectivity index (χ1v) is 12.3. The molecule has 186 valence electrons. The number of fused-ring (bicyclic) bond motifs is 5. The number of carbonyl (C=O) groups excluding carboxylic acids is 2.